The first-order valence-corrected chi connectivity index (χ1v) is 19.5. The van der Waals surface area contributed by atoms with Crippen LogP contribution in [-0.4, -0.2) is 16.8 Å². The predicted octanol–water partition coefficient (Wildman–Crippen LogP) is 11.8. The van der Waals surface area contributed by atoms with Crippen LogP contribution in [0.15, 0.2) is 132 Å². The summed E-state index contributed by atoms with van der Waals surface area (Å²) >= 11 is 0. The van der Waals surface area contributed by atoms with Gasteiger partial charge < -0.3 is 14.3 Å². The summed E-state index contributed by atoms with van der Waals surface area (Å²) in [6.07, 6.45) is 2.39. The van der Waals surface area contributed by atoms with Crippen LogP contribution in [0.5, 0.6) is 0 Å². The lowest BCUT2D eigenvalue weighted by atomic mass is 9.58. The number of para-hydroxylation sites is 1. The maximum absolute atomic E-state index is 6.44. The van der Waals surface area contributed by atoms with E-state index in [2.05, 4.69) is 149 Å². The Kier molecular flexibility index (Phi) is 6.75. The van der Waals surface area contributed by atoms with Crippen molar-refractivity contribution in [1.82, 2.24) is 9.55 Å². The molecule has 2 aromatic heterocycles. The van der Waals surface area contributed by atoms with Crippen LogP contribution in [0.25, 0.3) is 71.9 Å². The molecule has 1 aliphatic carbocycles. The third-order valence-corrected chi connectivity index (χ3v) is 12.6. The quantitative estimate of drug-likeness (QED) is 0.185. The molecule has 0 atom stereocenters. The lowest BCUT2D eigenvalue weighted by Crippen LogP contribution is -2.37. The Morgan fingerprint density at radius 1 is 0.709 bits per heavy atom. The van der Waals surface area contributed by atoms with E-state index in [4.69, 9.17) is 9.40 Å². The number of oxazole rings is 1. The molecule has 1 radical (unpaired) electrons. The van der Waals surface area contributed by atoms with Crippen LogP contribution in [0.2, 0.25) is 0 Å². The summed E-state index contributed by atoms with van der Waals surface area (Å²) in [5, 5.41) is 8.92. The molecule has 2 aliphatic rings. The molecule has 265 valence electrons. The fourth-order valence-electron chi connectivity index (χ4n) is 9.54. The molecule has 0 bridgehead atoms. The summed E-state index contributed by atoms with van der Waals surface area (Å²) in [5.41, 5.74) is 17.5. The van der Waals surface area contributed by atoms with Gasteiger partial charge in [-0.3, -0.25) is 0 Å². The van der Waals surface area contributed by atoms with E-state index in [-0.39, 0.29) is 10.8 Å². The second-order valence-corrected chi connectivity index (χ2v) is 17.0. The Hall–Kier alpha value is -6.07. The van der Waals surface area contributed by atoms with Gasteiger partial charge >= 0.3 is 0 Å². The van der Waals surface area contributed by atoms with Crippen LogP contribution in [0, 0.1) is 6.92 Å². The summed E-state index contributed by atoms with van der Waals surface area (Å²) in [7, 11) is 2.37. The molecule has 0 fully saturated rings. The minimum absolute atomic E-state index is 0.131. The lowest BCUT2D eigenvalue weighted by Gasteiger charge is -2.42. The molecule has 4 nitrogen and oxygen atoms in total. The maximum Gasteiger partial charge on any atom is 0.227 e. The zero-order chi connectivity index (χ0) is 37.2. The molecular formula is C50H41BN3O. The standard InChI is InChI=1S/C50H41BN3O/c1-29-23-35(34-17-11-12-18-40(34)52-33-19-20-37-38(26-33)50(4,5)22-21-49(37,2)3)46-47-45(29)36-24-31-15-9-10-16-32(31)25-42(36)54(47)43-28-41-44(27-39(43)51-46)55-48(53-41)30-13-7-6-8-14-30/h6-20,23-28,52H,21-22H2,1-5H3. The van der Waals surface area contributed by atoms with E-state index in [1.54, 1.807) is 0 Å². The monoisotopic (exact) mass is 710 g/mol. The summed E-state index contributed by atoms with van der Waals surface area (Å²) in [4.78, 5) is 5.00. The van der Waals surface area contributed by atoms with Crippen LogP contribution in [-0.2, 0) is 10.8 Å². The van der Waals surface area contributed by atoms with Gasteiger partial charge in [-0.15, -0.1) is 0 Å². The highest BCUT2D eigenvalue weighted by Gasteiger charge is 2.37. The zero-order valence-electron chi connectivity index (χ0n) is 31.9. The molecule has 1 aliphatic heterocycles. The molecule has 0 saturated heterocycles. The number of fused-ring (bicyclic) bond motifs is 8. The average molecular weight is 711 g/mol. The molecule has 0 saturated carbocycles. The number of hydrogen-bond donors (Lipinski definition) is 1. The summed E-state index contributed by atoms with van der Waals surface area (Å²) in [5.74, 6) is 0.634. The number of hydrogen-bond acceptors (Lipinski definition) is 3. The number of nitrogens with zero attached hydrogens (tertiary/aromatic N) is 2. The smallest absolute Gasteiger partial charge is 0.227 e. The molecule has 11 rings (SSSR count). The summed E-state index contributed by atoms with van der Waals surface area (Å²) in [6.45, 7) is 11.8. The van der Waals surface area contributed by atoms with Crippen molar-refractivity contribution in [3.63, 3.8) is 0 Å². The van der Waals surface area contributed by atoms with Gasteiger partial charge in [0.1, 0.15) is 5.52 Å². The van der Waals surface area contributed by atoms with Gasteiger partial charge in [-0.05, 0) is 124 Å². The zero-order valence-corrected chi connectivity index (χ0v) is 31.9. The number of aromatic nitrogens is 2. The van der Waals surface area contributed by atoms with E-state index in [1.807, 2.05) is 30.3 Å². The van der Waals surface area contributed by atoms with Crippen LogP contribution in [0.1, 0.15) is 57.2 Å². The van der Waals surface area contributed by atoms with Crippen molar-refractivity contribution in [2.45, 2.75) is 58.3 Å². The van der Waals surface area contributed by atoms with Crippen molar-refractivity contribution >= 4 is 73.3 Å². The Labute approximate surface area is 322 Å². The van der Waals surface area contributed by atoms with Crippen LogP contribution >= 0.6 is 0 Å². The van der Waals surface area contributed by atoms with Gasteiger partial charge in [0.25, 0.3) is 0 Å². The van der Waals surface area contributed by atoms with Crippen molar-refractivity contribution in [3.8, 4) is 28.3 Å². The molecule has 1 N–H and O–H groups in total. The molecular weight excluding hydrogens is 669 g/mol. The van der Waals surface area contributed by atoms with Gasteiger partial charge in [-0.2, -0.15) is 0 Å². The van der Waals surface area contributed by atoms with E-state index < -0.39 is 0 Å². The number of aryl methyl sites for hydroxylation is 1. The van der Waals surface area contributed by atoms with E-state index in [0.717, 1.165) is 39.2 Å². The van der Waals surface area contributed by atoms with E-state index in [9.17, 15) is 0 Å². The fraction of sp³-hybridized carbons (Fsp3) is 0.180. The molecule has 0 amide bonds. The Morgan fingerprint density at radius 3 is 2.25 bits per heavy atom. The van der Waals surface area contributed by atoms with Gasteiger partial charge in [-0.25, -0.2) is 4.98 Å². The molecule has 55 heavy (non-hydrogen) atoms. The highest BCUT2D eigenvalue weighted by atomic mass is 16.3. The highest BCUT2D eigenvalue weighted by Crippen LogP contribution is 2.47. The first kappa shape index (κ1) is 32.4. The SMILES string of the molecule is Cc1cc(-c2ccccc2Nc2ccc3c(c2)C(C)(C)CCC3(C)C)c2c3c1c1cc4ccccc4cc1n3-c1cc3nc(-c4ccccc4)oc3cc1[B]2. The third-order valence-electron chi connectivity index (χ3n) is 12.6. The van der Waals surface area contributed by atoms with Crippen LogP contribution in [0.3, 0.4) is 0 Å². The first-order chi connectivity index (χ1) is 26.6. The van der Waals surface area contributed by atoms with Crippen molar-refractivity contribution in [1.29, 1.82) is 0 Å². The number of anilines is 2. The minimum atomic E-state index is 0.131. The Balaban J connectivity index is 1.13. The highest BCUT2D eigenvalue weighted by molar-refractivity contribution is 6.73. The second kappa shape index (κ2) is 11.5. The number of benzene rings is 7. The molecule has 0 unspecified atom stereocenters. The largest absolute Gasteiger partial charge is 0.436 e. The van der Waals surface area contributed by atoms with Crippen molar-refractivity contribution in [2.24, 2.45) is 0 Å². The molecule has 3 heterocycles. The topological polar surface area (TPSA) is 43.0 Å². The third kappa shape index (κ3) is 4.88. The molecule has 5 heteroatoms. The van der Waals surface area contributed by atoms with Gasteiger partial charge in [0.15, 0.2) is 12.9 Å². The average Bonchev–Trinajstić information content (AvgIpc) is 3.76. The van der Waals surface area contributed by atoms with Gasteiger partial charge in [0.05, 0.1) is 5.52 Å². The number of rotatable bonds is 4. The van der Waals surface area contributed by atoms with E-state index in [1.165, 1.54) is 78.7 Å². The van der Waals surface area contributed by atoms with E-state index >= 15 is 0 Å². The first-order valence-electron chi connectivity index (χ1n) is 19.5. The maximum atomic E-state index is 6.44. The van der Waals surface area contributed by atoms with Gasteiger partial charge in [0, 0.05) is 44.5 Å². The molecule has 7 aromatic carbocycles. The summed E-state index contributed by atoms with van der Waals surface area (Å²) < 4.78 is 8.93. The molecule has 0 spiro atoms. The van der Waals surface area contributed by atoms with E-state index in [0.29, 0.717) is 5.89 Å². The number of nitrogens with one attached hydrogen (secondary N) is 1. The van der Waals surface area contributed by atoms with Crippen molar-refractivity contribution in [3.05, 3.63) is 144 Å². The van der Waals surface area contributed by atoms with Gasteiger partial charge in [0.2, 0.25) is 5.89 Å². The predicted molar refractivity (Wildman–Crippen MR) is 231 cm³/mol. The second-order valence-electron chi connectivity index (χ2n) is 17.0. The Morgan fingerprint density at radius 2 is 1.44 bits per heavy atom. The molecule has 9 aromatic rings. The minimum Gasteiger partial charge on any atom is -0.436 e. The fourth-order valence-corrected chi connectivity index (χ4v) is 9.54. The summed E-state index contributed by atoms with van der Waals surface area (Å²) in [6, 6.07) is 46.2. The van der Waals surface area contributed by atoms with Crippen molar-refractivity contribution < 1.29 is 4.42 Å². The van der Waals surface area contributed by atoms with Crippen LogP contribution in [0.4, 0.5) is 11.4 Å². The van der Waals surface area contributed by atoms with Crippen molar-refractivity contribution in [2.75, 3.05) is 5.32 Å². The van der Waals surface area contributed by atoms with Gasteiger partial charge in [-0.1, -0.05) is 106 Å². The normalized spacial score (nSPS) is 15.3. The Bertz CT molecular complexity index is 3060. The van der Waals surface area contributed by atoms with Crippen LogP contribution < -0.4 is 16.2 Å². The lowest BCUT2D eigenvalue weighted by molar-refractivity contribution is 0.332.